The number of carboxylic acid groups (broad SMARTS) is 1. The number of benzene rings is 2. The standard InChI is InChI=1S/C25H24Cl2N4O3/c26-19-6-3-7-20(23(19)27)28-25(34)29-22-13-21(15-4-1-2-5-15)30-31(22)16-10-8-14-9-11-17(24(32)33)18(14)12-16/h3,6-8,10,12-13,15,17H,1-2,4-5,9,11H2,(H,32,33)(H2,28,29,34). The molecule has 1 fully saturated rings. The fourth-order valence-corrected chi connectivity index (χ4v) is 5.30. The maximum Gasteiger partial charge on any atom is 0.324 e. The van der Waals surface area contributed by atoms with Gasteiger partial charge in [0, 0.05) is 12.0 Å². The summed E-state index contributed by atoms with van der Waals surface area (Å²) in [6.07, 6.45) is 5.78. The minimum absolute atomic E-state index is 0.262. The first kappa shape index (κ1) is 22.7. The molecule has 7 nitrogen and oxygen atoms in total. The lowest BCUT2D eigenvalue weighted by Crippen LogP contribution is -2.21. The summed E-state index contributed by atoms with van der Waals surface area (Å²) in [5.41, 5.74) is 3.89. The predicted molar refractivity (Wildman–Crippen MR) is 133 cm³/mol. The molecule has 0 aliphatic heterocycles. The summed E-state index contributed by atoms with van der Waals surface area (Å²) in [5, 5.41) is 20.7. The largest absolute Gasteiger partial charge is 0.481 e. The van der Waals surface area contributed by atoms with Crippen LogP contribution in [0.4, 0.5) is 16.3 Å². The van der Waals surface area contributed by atoms with Crippen LogP contribution in [0.15, 0.2) is 42.5 Å². The average molecular weight is 499 g/mol. The van der Waals surface area contributed by atoms with E-state index in [1.54, 1.807) is 22.9 Å². The van der Waals surface area contributed by atoms with Gasteiger partial charge >= 0.3 is 12.0 Å². The summed E-state index contributed by atoms with van der Waals surface area (Å²) in [6, 6.07) is 12.2. The number of urea groups is 1. The number of hydrogen-bond donors (Lipinski definition) is 3. The molecular weight excluding hydrogens is 475 g/mol. The molecule has 0 spiro atoms. The molecular formula is C25H24Cl2N4O3. The van der Waals surface area contributed by atoms with Crippen molar-refractivity contribution in [2.24, 2.45) is 0 Å². The Morgan fingerprint density at radius 3 is 2.59 bits per heavy atom. The van der Waals surface area contributed by atoms with Crippen LogP contribution in [0.5, 0.6) is 0 Å². The van der Waals surface area contributed by atoms with E-state index in [0.29, 0.717) is 34.6 Å². The van der Waals surface area contributed by atoms with Gasteiger partial charge in [-0.3, -0.25) is 10.1 Å². The van der Waals surface area contributed by atoms with Gasteiger partial charge in [0.2, 0.25) is 0 Å². The third-order valence-corrected chi connectivity index (χ3v) is 7.51. The third kappa shape index (κ3) is 4.38. The molecule has 0 bridgehead atoms. The highest BCUT2D eigenvalue weighted by molar-refractivity contribution is 6.44. The first-order chi connectivity index (χ1) is 16.4. The lowest BCUT2D eigenvalue weighted by molar-refractivity contribution is -0.138. The Balaban J connectivity index is 1.48. The van der Waals surface area contributed by atoms with Crippen LogP contribution in [-0.2, 0) is 11.2 Å². The fourth-order valence-electron chi connectivity index (χ4n) is 4.95. The number of nitrogens with one attached hydrogen (secondary N) is 2. The molecule has 2 aromatic carbocycles. The number of carboxylic acids is 1. The molecule has 2 aliphatic carbocycles. The van der Waals surface area contributed by atoms with Crippen LogP contribution in [0.2, 0.25) is 10.0 Å². The molecule has 1 heterocycles. The second-order valence-electron chi connectivity index (χ2n) is 8.84. The van der Waals surface area contributed by atoms with Gasteiger partial charge in [-0.25, -0.2) is 9.48 Å². The molecule has 3 aromatic rings. The zero-order chi connectivity index (χ0) is 23.8. The summed E-state index contributed by atoms with van der Waals surface area (Å²) < 4.78 is 1.68. The molecule has 2 amide bonds. The monoisotopic (exact) mass is 498 g/mol. The second kappa shape index (κ2) is 9.31. The van der Waals surface area contributed by atoms with Crippen molar-refractivity contribution in [3.8, 4) is 5.69 Å². The van der Waals surface area contributed by atoms with E-state index in [9.17, 15) is 14.7 Å². The van der Waals surface area contributed by atoms with Crippen molar-refractivity contribution in [3.63, 3.8) is 0 Å². The van der Waals surface area contributed by atoms with Crippen molar-refractivity contribution in [1.29, 1.82) is 0 Å². The zero-order valence-corrected chi connectivity index (χ0v) is 19.9. The Labute approximate surface area is 207 Å². The number of nitrogens with zero attached hydrogens (tertiary/aromatic N) is 2. The molecule has 5 rings (SSSR count). The van der Waals surface area contributed by atoms with E-state index in [1.807, 2.05) is 24.3 Å². The molecule has 34 heavy (non-hydrogen) atoms. The van der Waals surface area contributed by atoms with Crippen molar-refractivity contribution in [2.75, 3.05) is 10.6 Å². The number of aromatic nitrogens is 2. The van der Waals surface area contributed by atoms with Crippen molar-refractivity contribution in [2.45, 2.75) is 50.4 Å². The summed E-state index contributed by atoms with van der Waals surface area (Å²) in [7, 11) is 0. The lowest BCUT2D eigenvalue weighted by Gasteiger charge is -2.13. The number of carbonyl (C=O) groups is 2. The van der Waals surface area contributed by atoms with Gasteiger partial charge < -0.3 is 10.4 Å². The highest BCUT2D eigenvalue weighted by Gasteiger charge is 2.29. The summed E-state index contributed by atoms with van der Waals surface area (Å²) in [4.78, 5) is 24.6. The van der Waals surface area contributed by atoms with Crippen LogP contribution in [0.1, 0.15) is 60.8 Å². The van der Waals surface area contributed by atoms with E-state index in [-0.39, 0.29) is 5.02 Å². The molecule has 0 radical (unpaired) electrons. The summed E-state index contributed by atoms with van der Waals surface area (Å²) >= 11 is 12.3. The maximum atomic E-state index is 12.8. The summed E-state index contributed by atoms with van der Waals surface area (Å²) in [6.45, 7) is 0. The number of halogens is 2. The first-order valence-corrected chi connectivity index (χ1v) is 12.1. The van der Waals surface area contributed by atoms with Crippen LogP contribution in [0.3, 0.4) is 0 Å². The average Bonchev–Trinajstić information content (AvgIpc) is 3.55. The smallest absolute Gasteiger partial charge is 0.324 e. The van der Waals surface area contributed by atoms with Crippen LogP contribution in [0, 0.1) is 0 Å². The van der Waals surface area contributed by atoms with Crippen molar-refractivity contribution in [3.05, 3.63) is 69.3 Å². The Hall–Kier alpha value is -3.03. The molecule has 1 atom stereocenters. The van der Waals surface area contributed by atoms with Gasteiger partial charge in [-0.1, -0.05) is 48.2 Å². The number of rotatable bonds is 5. The molecule has 1 saturated carbocycles. The molecule has 0 saturated heterocycles. The van der Waals surface area contributed by atoms with Gasteiger partial charge in [0.1, 0.15) is 5.82 Å². The Bertz CT molecular complexity index is 1270. The number of fused-ring (bicyclic) bond motifs is 1. The van der Waals surface area contributed by atoms with E-state index < -0.39 is 17.9 Å². The number of hydrogen-bond acceptors (Lipinski definition) is 3. The number of amides is 2. The van der Waals surface area contributed by atoms with Crippen molar-refractivity contribution in [1.82, 2.24) is 9.78 Å². The highest BCUT2D eigenvalue weighted by atomic mass is 35.5. The van der Waals surface area contributed by atoms with E-state index in [4.69, 9.17) is 28.3 Å². The van der Waals surface area contributed by atoms with Gasteiger partial charge in [0.05, 0.1) is 33.0 Å². The number of aliphatic carboxylic acids is 1. The molecule has 1 unspecified atom stereocenters. The topological polar surface area (TPSA) is 96.3 Å². The third-order valence-electron chi connectivity index (χ3n) is 6.69. The van der Waals surface area contributed by atoms with Gasteiger partial charge in [0.15, 0.2) is 0 Å². The number of aryl methyl sites for hydroxylation is 1. The number of anilines is 2. The van der Waals surface area contributed by atoms with Crippen molar-refractivity contribution < 1.29 is 14.7 Å². The van der Waals surface area contributed by atoms with E-state index in [0.717, 1.165) is 48.9 Å². The van der Waals surface area contributed by atoms with Gasteiger partial charge in [0.25, 0.3) is 0 Å². The first-order valence-electron chi connectivity index (χ1n) is 11.4. The minimum Gasteiger partial charge on any atom is -0.481 e. The normalized spacial score (nSPS) is 17.5. The van der Waals surface area contributed by atoms with Crippen LogP contribution in [0.25, 0.3) is 5.69 Å². The van der Waals surface area contributed by atoms with E-state index >= 15 is 0 Å². The summed E-state index contributed by atoms with van der Waals surface area (Å²) in [5.74, 6) is -0.501. The maximum absolute atomic E-state index is 12.8. The predicted octanol–water partition coefficient (Wildman–Crippen LogP) is 6.60. The Morgan fingerprint density at radius 1 is 1.03 bits per heavy atom. The van der Waals surface area contributed by atoms with E-state index in [2.05, 4.69) is 10.6 Å². The van der Waals surface area contributed by atoms with Gasteiger partial charge in [-0.05, 0) is 61.1 Å². The molecule has 3 N–H and O–H groups in total. The van der Waals surface area contributed by atoms with Gasteiger partial charge in [-0.2, -0.15) is 5.10 Å². The SMILES string of the molecule is O=C(Nc1cccc(Cl)c1Cl)Nc1cc(C2CCCC2)nn1-c1ccc2c(c1)C(C(=O)O)CC2. The zero-order valence-electron chi connectivity index (χ0n) is 18.4. The fraction of sp³-hybridized carbons (Fsp3) is 0.320. The van der Waals surface area contributed by atoms with Crippen LogP contribution >= 0.6 is 23.2 Å². The highest BCUT2D eigenvalue weighted by Crippen LogP contribution is 2.38. The molecule has 9 heteroatoms. The second-order valence-corrected chi connectivity index (χ2v) is 9.63. The molecule has 2 aliphatic rings. The lowest BCUT2D eigenvalue weighted by atomic mass is 10.0. The minimum atomic E-state index is -0.820. The number of carbonyl (C=O) groups excluding carboxylic acids is 1. The van der Waals surface area contributed by atoms with Crippen LogP contribution < -0.4 is 10.6 Å². The van der Waals surface area contributed by atoms with E-state index in [1.165, 1.54) is 0 Å². The Kier molecular flexibility index (Phi) is 6.23. The van der Waals surface area contributed by atoms with Crippen LogP contribution in [-0.4, -0.2) is 26.9 Å². The Morgan fingerprint density at radius 2 is 1.82 bits per heavy atom. The molecule has 1 aromatic heterocycles. The quantitative estimate of drug-likeness (QED) is 0.369. The van der Waals surface area contributed by atoms with Crippen molar-refractivity contribution >= 4 is 46.7 Å². The molecule has 176 valence electrons. The van der Waals surface area contributed by atoms with Gasteiger partial charge in [-0.15, -0.1) is 0 Å².